The second-order valence-electron chi connectivity index (χ2n) is 7.45. The van der Waals surface area contributed by atoms with Crippen molar-refractivity contribution in [3.63, 3.8) is 0 Å². The highest BCUT2D eigenvalue weighted by molar-refractivity contribution is 5.84. The minimum Gasteiger partial charge on any atom is -0.326 e. The highest BCUT2D eigenvalue weighted by atomic mass is 16.2. The lowest BCUT2D eigenvalue weighted by Gasteiger charge is -2.32. The van der Waals surface area contributed by atoms with E-state index in [-0.39, 0.29) is 12.2 Å². The minimum atomic E-state index is 0.0501. The van der Waals surface area contributed by atoms with Gasteiger partial charge in [-0.1, -0.05) is 53.4 Å². The zero-order valence-electron chi connectivity index (χ0n) is 14.4. The number of hydrogen-bond donors (Lipinski definition) is 1. The van der Waals surface area contributed by atoms with Crippen LogP contribution in [0, 0.1) is 17.8 Å². The van der Waals surface area contributed by atoms with Crippen molar-refractivity contribution in [1.82, 2.24) is 10.2 Å². The topological polar surface area (TPSA) is 32.3 Å². The first-order valence-electron chi connectivity index (χ1n) is 9.13. The van der Waals surface area contributed by atoms with Crippen LogP contribution in [-0.2, 0) is 4.79 Å². The van der Waals surface area contributed by atoms with Gasteiger partial charge in [0.2, 0.25) is 5.91 Å². The number of nitrogens with zero attached hydrogens (tertiary/aromatic N) is 1. The summed E-state index contributed by atoms with van der Waals surface area (Å²) in [5.41, 5.74) is 0. The summed E-state index contributed by atoms with van der Waals surface area (Å²) in [6, 6.07) is 0.0501. The van der Waals surface area contributed by atoms with E-state index in [0.29, 0.717) is 11.8 Å². The van der Waals surface area contributed by atoms with E-state index >= 15 is 0 Å². The Morgan fingerprint density at radius 1 is 1.24 bits per heavy atom. The van der Waals surface area contributed by atoms with Gasteiger partial charge in [-0.3, -0.25) is 10.1 Å². The van der Waals surface area contributed by atoms with Crippen LogP contribution in [-0.4, -0.2) is 29.6 Å². The number of carbonyl (C=O) groups excluding carboxylic acids is 1. The van der Waals surface area contributed by atoms with E-state index < -0.39 is 0 Å². The van der Waals surface area contributed by atoms with E-state index in [1.54, 1.807) is 0 Å². The first-order valence-corrected chi connectivity index (χ1v) is 9.13. The summed E-state index contributed by atoms with van der Waals surface area (Å²) >= 11 is 0. The molecule has 2 rings (SSSR count). The summed E-state index contributed by atoms with van der Waals surface area (Å²) in [5, 5.41) is 3.62. The van der Waals surface area contributed by atoms with Crippen molar-refractivity contribution in [3.05, 3.63) is 0 Å². The molecule has 0 bridgehead atoms. The average Bonchev–Trinajstić information content (AvgIpc) is 2.78. The van der Waals surface area contributed by atoms with E-state index in [2.05, 4.69) is 37.9 Å². The maximum atomic E-state index is 12.8. The summed E-state index contributed by atoms with van der Waals surface area (Å²) in [6.45, 7) is 9.93. The summed E-state index contributed by atoms with van der Waals surface area (Å²) in [6.07, 6.45) is 8.85. The molecule has 3 nitrogen and oxygen atoms in total. The highest BCUT2D eigenvalue weighted by Crippen LogP contribution is 2.31. The van der Waals surface area contributed by atoms with Crippen molar-refractivity contribution >= 4 is 5.91 Å². The van der Waals surface area contributed by atoms with Crippen molar-refractivity contribution in [2.45, 2.75) is 84.8 Å². The first-order chi connectivity index (χ1) is 10.1. The molecule has 2 fully saturated rings. The molecule has 1 aliphatic carbocycles. The van der Waals surface area contributed by atoms with Crippen LogP contribution in [0.15, 0.2) is 0 Å². The molecule has 2 aliphatic rings. The van der Waals surface area contributed by atoms with Gasteiger partial charge in [-0.05, 0) is 37.0 Å². The van der Waals surface area contributed by atoms with Gasteiger partial charge in [0.15, 0.2) is 0 Å². The molecule has 1 N–H and O–H groups in total. The lowest BCUT2D eigenvalue weighted by atomic mass is 9.82. The molecule has 21 heavy (non-hydrogen) atoms. The Labute approximate surface area is 130 Å². The molecule has 3 atom stereocenters. The fourth-order valence-corrected chi connectivity index (χ4v) is 3.86. The summed E-state index contributed by atoms with van der Waals surface area (Å²) < 4.78 is 0. The third-order valence-corrected chi connectivity index (χ3v) is 5.66. The third kappa shape index (κ3) is 4.00. The number of nitrogens with one attached hydrogen (secondary N) is 1. The Morgan fingerprint density at radius 2 is 1.90 bits per heavy atom. The molecule has 0 aromatic heterocycles. The van der Waals surface area contributed by atoms with Crippen LogP contribution in [0.2, 0.25) is 0 Å². The standard InChI is InChI=1S/C18H34N2O/c1-5-7-16-19-17(14(4)6-2)18(21)20(16)12-15-10-8-13(3)9-11-15/h13-17,19H,5-12H2,1-4H3. The maximum absolute atomic E-state index is 12.8. The third-order valence-electron chi connectivity index (χ3n) is 5.66. The van der Waals surface area contributed by atoms with E-state index in [4.69, 9.17) is 0 Å². The van der Waals surface area contributed by atoms with Gasteiger partial charge >= 0.3 is 0 Å². The Morgan fingerprint density at radius 3 is 2.48 bits per heavy atom. The highest BCUT2D eigenvalue weighted by Gasteiger charge is 2.41. The van der Waals surface area contributed by atoms with Gasteiger partial charge in [-0.15, -0.1) is 0 Å². The molecule has 1 amide bonds. The number of hydrogen-bond acceptors (Lipinski definition) is 2. The molecule has 1 saturated carbocycles. The predicted octanol–water partition coefficient (Wildman–Crippen LogP) is 3.79. The van der Waals surface area contributed by atoms with Crippen LogP contribution in [0.5, 0.6) is 0 Å². The molecular formula is C18H34N2O. The lowest BCUT2D eigenvalue weighted by Crippen LogP contribution is -2.41. The molecule has 0 aromatic rings. The van der Waals surface area contributed by atoms with Crippen LogP contribution in [0.4, 0.5) is 0 Å². The molecule has 0 radical (unpaired) electrons. The Kier molecular flexibility index (Phi) is 6.09. The quantitative estimate of drug-likeness (QED) is 0.808. The molecule has 1 aliphatic heterocycles. The fourth-order valence-electron chi connectivity index (χ4n) is 3.86. The lowest BCUT2D eigenvalue weighted by molar-refractivity contribution is -0.131. The van der Waals surface area contributed by atoms with Gasteiger partial charge in [0.1, 0.15) is 0 Å². The minimum absolute atomic E-state index is 0.0501. The Hall–Kier alpha value is -0.570. The molecule has 3 unspecified atom stereocenters. The normalized spacial score (nSPS) is 35.2. The molecule has 3 heteroatoms. The predicted molar refractivity (Wildman–Crippen MR) is 87.9 cm³/mol. The van der Waals surface area contributed by atoms with E-state index in [9.17, 15) is 4.79 Å². The van der Waals surface area contributed by atoms with Gasteiger partial charge in [-0.2, -0.15) is 0 Å². The largest absolute Gasteiger partial charge is 0.326 e. The van der Waals surface area contributed by atoms with Gasteiger partial charge in [-0.25, -0.2) is 0 Å². The van der Waals surface area contributed by atoms with Crippen molar-refractivity contribution in [2.75, 3.05) is 6.54 Å². The molecule has 0 spiro atoms. The smallest absolute Gasteiger partial charge is 0.241 e. The van der Waals surface area contributed by atoms with Crippen LogP contribution in [0.25, 0.3) is 0 Å². The van der Waals surface area contributed by atoms with E-state index in [1.165, 1.54) is 25.7 Å². The van der Waals surface area contributed by atoms with Crippen LogP contribution in [0.1, 0.15) is 72.6 Å². The van der Waals surface area contributed by atoms with Gasteiger partial charge in [0.25, 0.3) is 0 Å². The number of rotatable bonds is 6. The molecular weight excluding hydrogens is 260 g/mol. The second-order valence-corrected chi connectivity index (χ2v) is 7.45. The van der Waals surface area contributed by atoms with Crippen LogP contribution in [0.3, 0.4) is 0 Å². The number of carbonyl (C=O) groups is 1. The average molecular weight is 294 g/mol. The van der Waals surface area contributed by atoms with E-state index in [0.717, 1.165) is 37.6 Å². The van der Waals surface area contributed by atoms with Crippen molar-refractivity contribution in [2.24, 2.45) is 17.8 Å². The van der Waals surface area contributed by atoms with Gasteiger partial charge in [0.05, 0.1) is 12.2 Å². The Bertz CT molecular complexity index is 336. The molecule has 122 valence electrons. The van der Waals surface area contributed by atoms with Crippen molar-refractivity contribution < 1.29 is 4.79 Å². The van der Waals surface area contributed by atoms with E-state index in [1.807, 2.05) is 0 Å². The summed E-state index contributed by atoms with van der Waals surface area (Å²) in [5.74, 6) is 2.41. The maximum Gasteiger partial charge on any atom is 0.241 e. The molecule has 1 saturated heterocycles. The first kappa shape index (κ1) is 16.8. The zero-order chi connectivity index (χ0) is 15.4. The monoisotopic (exact) mass is 294 g/mol. The van der Waals surface area contributed by atoms with Crippen molar-refractivity contribution in [3.8, 4) is 0 Å². The summed E-state index contributed by atoms with van der Waals surface area (Å²) in [7, 11) is 0. The second kappa shape index (κ2) is 7.62. The SMILES string of the molecule is CCCC1NC(C(C)CC)C(=O)N1CC1CCC(C)CC1. The molecule has 1 heterocycles. The fraction of sp³-hybridized carbons (Fsp3) is 0.944. The van der Waals surface area contributed by atoms with Crippen molar-refractivity contribution in [1.29, 1.82) is 0 Å². The van der Waals surface area contributed by atoms with Crippen LogP contribution < -0.4 is 5.32 Å². The Balaban J connectivity index is 1.98. The van der Waals surface area contributed by atoms with Gasteiger partial charge < -0.3 is 4.90 Å². The number of amides is 1. The zero-order valence-corrected chi connectivity index (χ0v) is 14.4. The van der Waals surface area contributed by atoms with Gasteiger partial charge in [0, 0.05) is 6.54 Å². The molecule has 0 aromatic carbocycles. The summed E-state index contributed by atoms with van der Waals surface area (Å²) in [4.78, 5) is 15.0. The van der Waals surface area contributed by atoms with Crippen LogP contribution >= 0.6 is 0 Å².